The largest absolute Gasteiger partial charge is 2.00 e. The normalized spacial score (nSPS) is 8.67. The molecule has 0 aromatic heterocycles. The molecule has 2 N–H and O–H groups in total. The Morgan fingerprint density at radius 2 is 1.20 bits per heavy atom. The second-order valence-corrected chi connectivity index (χ2v) is 2.33. The van der Waals surface area contributed by atoms with E-state index in [0.29, 0.717) is 0 Å². The van der Waals surface area contributed by atoms with Crippen LogP contribution in [0, 0.1) is 0 Å². The van der Waals surface area contributed by atoms with Crippen LogP contribution in [0.5, 0.6) is 0 Å². The van der Waals surface area contributed by atoms with E-state index in [4.69, 9.17) is 10.5 Å². The summed E-state index contributed by atoms with van der Waals surface area (Å²) in [5, 5.41) is 16.1. The molecule has 7 heteroatoms. The zero-order valence-electron chi connectivity index (χ0n) is 9.54. The first-order valence-electron chi connectivity index (χ1n) is 3.50. The Bertz CT molecular complexity index is 321. The van der Waals surface area contributed by atoms with Gasteiger partial charge in [0.1, 0.15) is 0 Å². The van der Waals surface area contributed by atoms with Gasteiger partial charge in [-0.2, -0.15) is 10.5 Å². The Morgan fingerprint density at radius 1 is 0.933 bits per heavy atom. The molecule has 0 aliphatic carbocycles. The quantitative estimate of drug-likeness (QED) is 0.438. The van der Waals surface area contributed by atoms with E-state index < -0.39 is 11.9 Å². The van der Waals surface area contributed by atoms with Crippen molar-refractivity contribution in [2.45, 2.75) is 0 Å². The Morgan fingerprint density at radius 3 is 1.40 bits per heavy atom. The minimum absolute atomic E-state index is 0. The van der Waals surface area contributed by atoms with Crippen molar-refractivity contribution in [1.82, 2.24) is 0 Å². The molecule has 6 nitrogen and oxygen atoms in total. The van der Waals surface area contributed by atoms with Gasteiger partial charge in [-0.1, -0.05) is 0 Å². The fraction of sp³-hybridized carbons (Fsp3) is 0. The minimum atomic E-state index is -0.936. The number of hydrogen-bond donors (Lipinski definition) is 2. The van der Waals surface area contributed by atoms with Crippen molar-refractivity contribution >= 4 is 35.0 Å². The van der Waals surface area contributed by atoms with Crippen LogP contribution in [0.4, 0.5) is 0 Å². The molecule has 0 amide bonds. The monoisotopic (exact) mass is 224 g/mol. The Balaban J connectivity index is -0.000000653. The van der Waals surface area contributed by atoms with Crippen molar-refractivity contribution in [2.24, 2.45) is 0 Å². The van der Waals surface area contributed by atoms with Crippen LogP contribution in [0.3, 0.4) is 0 Å². The summed E-state index contributed by atoms with van der Waals surface area (Å²) in [4.78, 5) is 28.4. The number of carbonyl (C=O) groups excluding carboxylic acids is 2. The molecule has 0 heterocycles. The van der Waals surface area contributed by atoms with Gasteiger partial charge in [0.2, 0.25) is 0 Å². The predicted molar refractivity (Wildman–Crippen MR) is 50.5 cm³/mol. The van der Waals surface area contributed by atoms with Crippen molar-refractivity contribution < 1.29 is 32.7 Å². The summed E-state index contributed by atoms with van der Waals surface area (Å²) < 4.78 is 0. The van der Waals surface area contributed by atoms with Gasteiger partial charge in [-0.25, -0.2) is 9.59 Å². The van der Waals surface area contributed by atoms with Gasteiger partial charge in [-0.15, -0.1) is 0 Å². The first kappa shape index (κ1) is 13.8. The topological polar surface area (TPSA) is 93.1 Å². The fourth-order valence-corrected chi connectivity index (χ4v) is 0.848. The van der Waals surface area contributed by atoms with Crippen LogP contribution in [0.1, 0.15) is 23.6 Å². The molecule has 1 aromatic rings. The second kappa shape index (κ2) is 6.35. The number of carbonyl (C=O) groups is 2. The molecule has 15 heavy (non-hydrogen) atoms. The molecule has 0 aliphatic rings. The summed E-state index contributed by atoms with van der Waals surface area (Å²) in [5.41, 5.74) is 0.143. The van der Waals surface area contributed by atoms with Gasteiger partial charge in [0.05, 0.1) is 11.1 Å². The van der Waals surface area contributed by atoms with Crippen molar-refractivity contribution in [2.75, 3.05) is 0 Å². The molecule has 0 saturated carbocycles. The maximum Gasteiger partial charge on any atom is 2.00 e. The second-order valence-electron chi connectivity index (χ2n) is 2.33. The smallest absolute Gasteiger partial charge is 1.00 e. The molecule has 0 atom stereocenters. The molecule has 0 radical (unpaired) electrons. The first-order valence-corrected chi connectivity index (χ1v) is 3.50. The Labute approximate surface area is 103 Å². The van der Waals surface area contributed by atoms with E-state index in [-0.39, 0.29) is 37.0 Å². The van der Waals surface area contributed by atoms with Crippen LogP contribution in [0.15, 0.2) is 24.3 Å². The standard InChI is InChI=1S/C8H6O6.Mg.2H/c9-7(13-11)5-1-2-6(4-3-5)8(10)14-12;;;/h1-4,11-12H;;;/q;+2;2*-1. The summed E-state index contributed by atoms with van der Waals surface area (Å²) in [5.74, 6) is -1.87. The predicted octanol–water partition coefficient (Wildman–Crippen LogP) is 0.790. The minimum Gasteiger partial charge on any atom is -1.00 e. The summed E-state index contributed by atoms with van der Waals surface area (Å²) in [6, 6.07) is 4.96. The third-order valence-corrected chi connectivity index (χ3v) is 1.52. The van der Waals surface area contributed by atoms with Gasteiger partial charge < -0.3 is 2.85 Å². The summed E-state index contributed by atoms with van der Waals surface area (Å²) >= 11 is 0. The van der Waals surface area contributed by atoms with E-state index in [9.17, 15) is 9.59 Å². The molecule has 0 spiro atoms. The molecule has 0 fully saturated rings. The maximum atomic E-state index is 10.7. The average molecular weight is 224 g/mol. The molecular formula is C8H8MgO6. The average Bonchev–Trinajstić information content (AvgIpc) is 2.27. The molecule has 1 rings (SSSR count). The molecule has 0 aliphatic heterocycles. The van der Waals surface area contributed by atoms with Gasteiger partial charge in [0.25, 0.3) is 0 Å². The Kier molecular flexibility index (Phi) is 5.86. The third kappa shape index (κ3) is 3.48. The third-order valence-electron chi connectivity index (χ3n) is 1.52. The van der Waals surface area contributed by atoms with Gasteiger partial charge in [-0.05, 0) is 24.3 Å². The van der Waals surface area contributed by atoms with Crippen molar-refractivity contribution in [3.63, 3.8) is 0 Å². The summed E-state index contributed by atoms with van der Waals surface area (Å²) in [6.07, 6.45) is 0. The van der Waals surface area contributed by atoms with Gasteiger partial charge in [-0.3, -0.25) is 9.78 Å². The van der Waals surface area contributed by atoms with Crippen LogP contribution < -0.4 is 0 Å². The number of benzene rings is 1. The molecular weight excluding hydrogens is 216 g/mol. The Hall–Kier alpha value is -1.15. The number of hydrogen-bond acceptors (Lipinski definition) is 6. The molecule has 1 aromatic carbocycles. The van der Waals surface area contributed by atoms with E-state index in [1.807, 2.05) is 0 Å². The zero-order valence-corrected chi connectivity index (χ0v) is 8.96. The molecule has 0 saturated heterocycles. The van der Waals surface area contributed by atoms with Crippen LogP contribution in [-0.4, -0.2) is 45.5 Å². The van der Waals surface area contributed by atoms with Gasteiger partial charge >= 0.3 is 35.0 Å². The SMILES string of the molecule is O=C(OO)c1ccc(C(=O)OO)cc1.[H-].[H-].[Mg+2]. The van der Waals surface area contributed by atoms with E-state index in [0.717, 1.165) is 0 Å². The molecule has 0 bridgehead atoms. The van der Waals surface area contributed by atoms with E-state index in [1.165, 1.54) is 24.3 Å². The van der Waals surface area contributed by atoms with Crippen LogP contribution >= 0.6 is 0 Å². The van der Waals surface area contributed by atoms with Crippen LogP contribution in [0.2, 0.25) is 0 Å². The van der Waals surface area contributed by atoms with E-state index in [2.05, 4.69) is 9.78 Å². The van der Waals surface area contributed by atoms with Crippen molar-refractivity contribution in [3.8, 4) is 0 Å². The van der Waals surface area contributed by atoms with Crippen molar-refractivity contribution in [1.29, 1.82) is 0 Å². The van der Waals surface area contributed by atoms with E-state index >= 15 is 0 Å². The summed E-state index contributed by atoms with van der Waals surface area (Å²) in [7, 11) is 0. The van der Waals surface area contributed by atoms with Crippen LogP contribution in [-0.2, 0) is 9.78 Å². The first-order chi connectivity index (χ1) is 6.69. The van der Waals surface area contributed by atoms with Gasteiger partial charge in [0.15, 0.2) is 0 Å². The van der Waals surface area contributed by atoms with E-state index in [1.54, 1.807) is 0 Å². The summed E-state index contributed by atoms with van der Waals surface area (Å²) in [6.45, 7) is 0. The number of rotatable bonds is 2. The van der Waals surface area contributed by atoms with Gasteiger partial charge in [0, 0.05) is 0 Å². The molecule has 0 unspecified atom stereocenters. The zero-order chi connectivity index (χ0) is 10.6. The molecule has 78 valence electrons. The fourth-order valence-electron chi connectivity index (χ4n) is 0.848. The maximum absolute atomic E-state index is 10.7. The van der Waals surface area contributed by atoms with Crippen molar-refractivity contribution in [3.05, 3.63) is 35.4 Å². The van der Waals surface area contributed by atoms with Crippen LogP contribution in [0.25, 0.3) is 0 Å².